The van der Waals surface area contributed by atoms with Gasteiger partial charge in [-0.05, 0) is 17.7 Å². The molecule has 2 aromatic carbocycles. The van der Waals surface area contributed by atoms with E-state index in [4.69, 9.17) is 9.84 Å². The first kappa shape index (κ1) is 18.1. The number of nitro benzene ring substituents is 1. The normalized spacial score (nSPS) is 10.1. The Kier molecular flexibility index (Phi) is 6.16. The van der Waals surface area contributed by atoms with Gasteiger partial charge in [0.1, 0.15) is 12.3 Å². The van der Waals surface area contributed by atoms with Crippen LogP contribution in [-0.4, -0.2) is 41.2 Å². The Labute approximate surface area is 144 Å². The van der Waals surface area contributed by atoms with Crippen molar-refractivity contribution in [3.8, 4) is 5.75 Å². The first-order valence-corrected chi connectivity index (χ1v) is 7.61. The molecule has 0 bridgehead atoms. The summed E-state index contributed by atoms with van der Waals surface area (Å²) in [5, 5.41) is 23.3. The van der Waals surface area contributed by atoms with Crippen LogP contribution in [-0.2, 0) is 6.54 Å². The first-order chi connectivity index (χ1) is 12.0. The van der Waals surface area contributed by atoms with E-state index in [2.05, 4.69) is 5.32 Å². The molecular weight excluding hydrogens is 326 g/mol. The molecule has 0 unspecified atom stereocenters. The highest BCUT2D eigenvalue weighted by molar-refractivity contribution is 5.68. The summed E-state index contributed by atoms with van der Waals surface area (Å²) in [6.45, 7) is 0.562. The van der Waals surface area contributed by atoms with E-state index in [0.29, 0.717) is 12.2 Å². The Morgan fingerprint density at radius 2 is 1.96 bits per heavy atom. The Morgan fingerprint density at radius 3 is 2.60 bits per heavy atom. The summed E-state index contributed by atoms with van der Waals surface area (Å²) in [7, 11) is 1.40. The number of ether oxygens (including phenoxy) is 1. The largest absolute Gasteiger partial charge is 0.485 e. The minimum atomic E-state index is -1.09. The molecular formula is C17H19N3O5. The van der Waals surface area contributed by atoms with Crippen LogP contribution in [0.1, 0.15) is 5.56 Å². The van der Waals surface area contributed by atoms with Gasteiger partial charge in [0, 0.05) is 13.6 Å². The summed E-state index contributed by atoms with van der Waals surface area (Å²) >= 11 is 0. The number of nitrogens with zero attached hydrogens (tertiary/aromatic N) is 2. The second-order valence-electron chi connectivity index (χ2n) is 5.30. The number of amides is 1. The smallest absolute Gasteiger partial charge is 0.407 e. The van der Waals surface area contributed by atoms with Crippen molar-refractivity contribution in [3.05, 3.63) is 64.2 Å². The molecule has 0 radical (unpaired) electrons. The van der Waals surface area contributed by atoms with Crippen molar-refractivity contribution < 1.29 is 19.6 Å². The molecule has 0 aromatic heterocycles. The van der Waals surface area contributed by atoms with Crippen molar-refractivity contribution in [1.29, 1.82) is 0 Å². The molecule has 0 aliphatic heterocycles. The third-order valence-corrected chi connectivity index (χ3v) is 3.52. The molecule has 0 saturated heterocycles. The van der Waals surface area contributed by atoms with E-state index < -0.39 is 11.0 Å². The van der Waals surface area contributed by atoms with Crippen molar-refractivity contribution in [3.63, 3.8) is 0 Å². The third kappa shape index (κ3) is 5.10. The quantitative estimate of drug-likeness (QED) is 0.562. The fourth-order valence-electron chi connectivity index (χ4n) is 2.15. The number of hydrogen-bond acceptors (Lipinski definition) is 5. The van der Waals surface area contributed by atoms with Gasteiger partial charge < -0.3 is 20.1 Å². The summed E-state index contributed by atoms with van der Waals surface area (Å²) in [6.07, 6.45) is -1.09. The van der Waals surface area contributed by atoms with Gasteiger partial charge in [-0.1, -0.05) is 36.4 Å². The number of rotatable bonds is 8. The molecule has 2 aromatic rings. The Morgan fingerprint density at radius 1 is 1.24 bits per heavy atom. The topological polar surface area (TPSA) is 105 Å². The number of anilines is 1. The van der Waals surface area contributed by atoms with Crippen LogP contribution >= 0.6 is 0 Å². The summed E-state index contributed by atoms with van der Waals surface area (Å²) in [6, 6.07) is 14.3. The zero-order valence-corrected chi connectivity index (χ0v) is 13.7. The van der Waals surface area contributed by atoms with Crippen molar-refractivity contribution >= 4 is 17.5 Å². The molecule has 25 heavy (non-hydrogen) atoms. The molecule has 132 valence electrons. The van der Waals surface area contributed by atoms with Crippen LogP contribution in [0, 0.1) is 10.1 Å². The number of nitro groups is 1. The Balaban J connectivity index is 2.09. The van der Waals surface area contributed by atoms with Crippen LogP contribution in [0.15, 0.2) is 48.5 Å². The average molecular weight is 345 g/mol. The maximum atomic E-state index is 11.4. The summed E-state index contributed by atoms with van der Waals surface area (Å²) in [5.41, 5.74) is 1.17. The molecule has 2 rings (SSSR count). The SMILES string of the molecule is CN(CCOc1cccc(NCc2ccccc2)c1[N+](=O)[O-])C(=O)O. The van der Waals surface area contributed by atoms with Crippen LogP contribution in [0.3, 0.4) is 0 Å². The zero-order chi connectivity index (χ0) is 18.2. The van der Waals surface area contributed by atoms with E-state index >= 15 is 0 Å². The predicted molar refractivity (Wildman–Crippen MR) is 93.0 cm³/mol. The van der Waals surface area contributed by atoms with Gasteiger partial charge in [-0.15, -0.1) is 0 Å². The van der Waals surface area contributed by atoms with E-state index in [1.165, 1.54) is 13.1 Å². The molecule has 0 aliphatic carbocycles. The lowest BCUT2D eigenvalue weighted by Crippen LogP contribution is -2.29. The first-order valence-electron chi connectivity index (χ1n) is 7.61. The predicted octanol–water partition coefficient (Wildman–Crippen LogP) is 3.20. The van der Waals surface area contributed by atoms with Crippen LogP contribution in [0.25, 0.3) is 0 Å². The number of likely N-dealkylation sites (N-methyl/N-ethyl adjacent to an activating group) is 1. The maximum Gasteiger partial charge on any atom is 0.407 e. The highest BCUT2D eigenvalue weighted by atomic mass is 16.6. The van der Waals surface area contributed by atoms with E-state index in [9.17, 15) is 14.9 Å². The van der Waals surface area contributed by atoms with E-state index in [1.54, 1.807) is 12.1 Å². The number of carboxylic acid groups (broad SMARTS) is 1. The van der Waals surface area contributed by atoms with Crippen molar-refractivity contribution in [2.75, 3.05) is 25.5 Å². The van der Waals surface area contributed by atoms with E-state index in [-0.39, 0.29) is 24.6 Å². The molecule has 0 atom stereocenters. The van der Waals surface area contributed by atoms with Crippen molar-refractivity contribution in [2.24, 2.45) is 0 Å². The van der Waals surface area contributed by atoms with E-state index in [0.717, 1.165) is 10.5 Å². The minimum Gasteiger partial charge on any atom is -0.485 e. The Hall–Kier alpha value is -3.29. The van der Waals surface area contributed by atoms with Gasteiger partial charge in [0.05, 0.1) is 11.5 Å². The monoisotopic (exact) mass is 345 g/mol. The number of nitrogens with one attached hydrogen (secondary N) is 1. The van der Waals surface area contributed by atoms with Gasteiger partial charge in [0.2, 0.25) is 0 Å². The van der Waals surface area contributed by atoms with E-state index in [1.807, 2.05) is 30.3 Å². The van der Waals surface area contributed by atoms with Gasteiger partial charge in [-0.3, -0.25) is 10.1 Å². The Bertz CT molecular complexity index is 736. The fourth-order valence-corrected chi connectivity index (χ4v) is 2.15. The van der Waals surface area contributed by atoms with Gasteiger partial charge >= 0.3 is 11.8 Å². The van der Waals surface area contributed by atoms with Crippen LogP contribution < -0.4 is 10.1 Å². The maximum absolute atomic E-state index is 11.4. The highest BCUT2D eigenvalue weighted by Crippen LogP contribution is 2.35. The van der Waals surface area contributed by atoms with Gasteiger partial charge in [0.25, 0.3) is 0 Å². The third-order valence-electron chi connectivity index (χ3n) is 3.52. The molecule has 2 N–H and O–H groups in total. The summed E-state index contributed by atoms with van der Waals surface area (Å²) in [5.74, 6) is 0.0989. The van der Waals surface area contributed by atoms with Crippen molar-refractivity contribution in [2.45, 2.75) is 6.54 Å². The second-order valence-corrected chi connectivity index (χ2v) is 5.30. The molecule has 0 heterocycles. The lowest BCUT2D eigenvalue weighted by atomic mass is 10.2. The number of carbonyl (C=O) groups is 1. The van der Waals surface area contributed by atoms with Crippen LogP contribution in [0.5, 0.6) is 5.75 Å². The molecule has 0 spiro atoms. The number of hydrogen-bond donors (Lipinski definition) is 2. The molecule has 0 saturated carbocycles. The minimum absolute atomic E-state index is 0.0196. The number of para-hydroxylation sites is 1. The van der Waals surface area contributed by atoms with Crippen LogP contribution in [0.4, 0.5) is 16.2 Å². The highest BCUT2D eigenvalue weighted by Gasteiger charge is 2.21. The van der Waals surface area contributed by atoms with Gasteiger partial charge in [-0.2, -0.15) is 0 Å². The number of benzene rings is 2. The lowest BCUT2D eigenvalue weighted by Gasteiger charge is -2.14. The summed E-state index contributed by atoms with van der Waals surface area (Å²) < 4.78 is 5.43. The molecule has 0 aliphatic rings. The molecule has 8 heteroatoms. The molecule has 1 amide bonds. The van der Waals surface area contributed by atoms with Crippen molar-refractivity contribution in [1.82, 2.24) is 4.90 Å². The lowest BCUT2D eigenvalue weighted by molar-refractivity contribution is -0.385. The van der Waals surface area contributed by atoms with Gasteiger partial charge in [-0.25, -0.2) is 4.79 Å². The van der Waals surface area contributed by atoms with Gasteiger partial charge in [0.15, 0.2) is 5.75 Å². The zero-order valence-electron chi connectivity index (χ0n) is 13.7. The fraction of sp³-hybridized carbons (Fsp3) is 0.235. The molecule has 0 fully saturated rings. The molecule has 8 nitrogen and oxygen atoms in total. The van der Waals surface area contributed by atoms with Crippen LogP contribution in [0.2, 0.25) is 0 Å². The average Bonchev–Trinajstić information content (AvgIpc) is 2.60. The summed E-state index contributed by atoms with van der Waals surface area (Å²) in [4.78, 5) is 22.7. The second kappa shape index (κ2) is 8.53. The standard InChI is InChI=1S/C17H19N3O5/c1-19(17(21)22)10-11-25-15-9-5-8-14(16(15)20(23)24)18-12-13-6-3-2-4-7-13/h2-9,18H,10-12H2,1H3,(H,21,22).